The van der Waals surface area contributed by atoms with Crippen molar-refractivity contribution >= 4 is 0 Å². The lowest BCUT2D eigenvalue weighted by Gasteiger charge is -2.20. The van der Waals surface area contributed by atoms with E-state index >= 15 is 0 Å². The highest BCUT2D eigenvalue weighted by atomic mass is 16.5. The van der Waals surface area contributed by atoms with Gasteiger partial charge in [-0.05, 0) is 37.6 Å². The third-order valence-electron chi connectivity index (χ3n) is 3.23. The van der Waals surface area contributed by atoms with E-state index in [9.17, 15) is 0 Å². The summed E-state index contributed by atoms with van der Waals surface area (Å²) in [6.45, 7) is 5.13. The van der Waals surface area contributed by atoms with E-state index in [1.165, 1.54) is 16.7 Å². The van der Waals surface area contributed by atoms with Crippen LogP contribution < -0.4 is 10.1 Å². The van der Waals surface area contributed by atoms with Crippen LogP contribution >= 0.6 is 0 Å². The fourth-order valence-electron chi connectivity index (χ4n) is 2.31. The number of likely N-dealkylation sites (N-methyl/N-ethyl adjacent to an activating group) is 1. The summed E-state index contributed by atoms with van der Waals surface area (Å²) in [5, 5.41) is 3.52. The number of nitrogens with one attached hydrogen (secondary N) is 1. The number of rotatable bonds is 6. The summed E-state index contributed by atoms with van der Waals surface area (Å²) < 4.78 is 10.6. The number of furan rings is 1. The minimum absolute atomic E-state index is 0.234. The van der Waals surface area contributed by atoms with Gasteiger partial charge < -0.3 is 14.5 Å². The van der Waals surface area contributed by atoms with Gasteiger partial charge in [0.2, 0.25) is 0 Å². The number of hydrogen-bond donors (Lipinski definition) is 1. The third kappa shape index (κ3) is 3.38. The summed E-state index contributed by atoms with van der Waals surface area (Å²) in [7, 11) is 1.72. The molecule has 0 radical (unpaired) electrons. The van der Waals surface area contributed by atoms with Crippen LogP contribution in [0.3, 0.4) is 0 Å². The second kappa shape index (κ2) is 6.43. The highest BCUT2D eigenvalue weighted by molar-refractivity contribution is 5.39. The Bertz CT molecular complexity index is 505. The predicted molar refractivity (Wildman–Crippen MR) is 76.6 cm³/mol. The predicted octanol–water partition coefficient (Wildman–Crippen LogP) is 3.49. The molecule has 2 aromatic rings. The molecule has 102 valence electrons. The third-order valence-corrected chi connectivity index (χ3v) is 3.23. The Morgan fingerprint density at radius 3 is 2.79 bits per heavy atom. The Morgan fingerprint density at radius 2 is 2.16 bits per heavy atom. The van der Waals surface area contributed by atoms with Gasteiger partial charge in [-0.25, -0.2) is 0 Å². The van der Waals surface area contributed by atoms with Gasteiger partial charge >= 0.3 is 0 Å². The molecule has 1 atom stereocenters. The molecular formula is C16H21NO2. The molecule has 0 bridgehead atoms. The molecule has 2 rings (SSSR count). The van der Waals surface area contributed by atoms with Crippen LogP contribution in [0.25, 0.3) is 0 Å². The molecule has 0 saturated carbocycles. The van der Waals surface area contributed by atoms with Crippen molar-refractivity contribution in [2.24, 2.45) is 0 Å². The quantitative estimate of drug-likeness (QED) is 0.862. The van der Waals surface area contributed by atoms with E-state index < -0.39 is 0 Å². The molecule has 0 aliphatic rings. The SMILES string of the molecule is CCNC(Cc1ccoc1)c1cc(C)ccc1OC. The molecule has 0 aliphatic carbocycles. The summed E-state index contributed by atoms with van der Waals surface area (Å²) in [6, 6.07) is 8.53. The van der Waals surface area contributed by atoms with E-state index in [2.05, 4.69) is 31.3 Å². The molecule has 0 saturated heterocycles. The normalized spacial score (nSPS) is 12.4. The maximum absolute atomic E-state index is 5.48. The maximum atomic E-state index is 5.48. The molecule has 0 spiro atoms. The van der Waals surface area contributed by atoms with Crippen LogP contribution in [0.4, 0.5) is 0 Å². The Kier molecular flexibility index (Phi) is 4.63. The van der Waals surface area contributed by atoms with Gasteiger partial charge in [0.05, 0.1) is 19.6 Å². The Morgan fingerprint density at radius 1 is 1.32 bits per heavy atom. The van der Waals surface area contributed by atoms with Gasteiger partial charge in [0.15, 0.2) is 0 Å². The van der Waals surface area contributed by atoms with Crippen molar-refractivity contribution < 1.29 is 9.15 Å². The largest absolute Gasteiger partial charge is 0.496 e. The summed E-state index contributed by atoms with van der Waals surface area (Å²) >= 11 is 0. The molecule has 0 amide bonds. The van der Waals surface area contributed by atoms with Crippen molar-refractivity contribution in [1.82, 2.24) is 5.32 Å². The van der Waals surface area contributed by atoms with Gasteiger partial charge in [-0.2, -0.15) is 0 Å². The number of ether oxygens (including phenoxy) is 1. The fraction of sp³-hybridized carbons (Fsp3) is 0.375. The number of hydrogen-bond acceptors (Lipinski definition) is 3. The van der Waals surface area contributed by atoms with Crippen molar-refractivity contribution in [3.05, 3.63) is 53.5 Å². The summed E-state index contributed by atoms with van der Waals surface area (Å²) in [6.07, 6.45) is 4.41. The van der Waals surface area contributed by atoms with Crippen LogP contribution in [0.1, 0.15) is 29.7 Å². The second-order valence-electron chi connectivity index (χ2n) is 4.69. The van der Waals surface area contributed by atoms with Crippen molar-refractivity contribution in [2.75, 3.05) is 13.7 Å². The van der Waals surface area contributed by atoms with Crippen LogP contribution in [0, 0.1) is 6.92 Å². The zero-order chi connectivity index (χ0) is 13.7. The lowest BCUT2D eigenvalue weighted by atomic mass is 9.98. The van der Waals surface area contributed by atoms with Crippen molar-refractivity contribution in [2.45, 2.75) is 26.3 Å². The molecule has 0 fully saturated rings. The zero-order valence-corrected chi connectivity index (χ0v) is 11.8. The summed E-state index contributed by atoms with van der Waals surface area (Å²) in [4.78, 5) is 0. The second-order valence-corrected chi connectivity index (χ2v) is 4.69. The fourth-order valence-corrected chi connectivity index (χ4v) is 2.31. The lowest BCUT2D eigenvalue weighted by Crippen LogP contribution is -2.23. The monoisotopic (exact) mass is 259 g/mol. The standard InChI is InChI=1S/C16H21NO2/c1-4-17-15(10-13-7-8-19-11-13)14-9-12(2)5-6-16(14)18-3/h5-9,11,15,17H,4,10H2,1-3H3. The molecule has 1 N–H and O–H groups in total. The first kappa shape index (κ1) is 13.7. The van der Waals surface area contributed by atoms with Gasteiger partial charge in [-0.15, -0.1) is 0 Å². The van der Waals surface area contributed by atoms with Crippen LogP contribution in [-0.2, 0) is 6.42 Å². The Hall–Kier alpha value is -1.74. The average Bonchev–Trinajstić information content (AvgIpc) is 2.91. The molecule has 19 heavy (non-hydrogen) atoms. The smallest absolute Gasteiger partial charge is 0.123 e. The number of methoxy groups -OCH3 is 1. The van der Waals surface area contributed by atoms with Crippen molar-refractivity contribution in [3.8, 4) is 5.75 Å². The van der Waals surface area contributed by atoms with Gasteiger partial charge in [-0.3, -0.25) is 0 Å². The van der Waals surface area contributed by atoms with Crippen LogP contribution in [-0.4, -0.2) is 13.7 Å². The van der Waals surface area contributed by atoms with E-state index in [1.807, 2.05) is 12.1 Å². The van der Waals surface area contributed by atoms with E-state index in [0.29, 0.717) is 0 Å². The van der Waals surface area contributed by atoms with Gasteiger partial charge in [0.1, 0.15) is 5.75 Å². The first-order valence-electron chi connectivity index (χ1n) is 6.63. The Labute approximate surface area is 114 Å². The van der Waals surface area contributed by atoms with E-state index in [-0.39, 0.29) is 6.04 Å². The minimum atomic E-state index is 0.234. The lowest BCUT2D eigenvalue weighted by molar-refractivity contribution is 0.399. The average molecular weight is 259 g/mol. The highest BCUT2D eigenvalue weighted by Gasteiger charge is 2.16. The van der Waals surface area contributed by atoms with Crippen LogP contribution in [0.5, 0.6) is 5.75 Å². The van der Waals surface area contributed by atoms with Gasteiger partial charge in [-0.1, -0.05) is 24.6 Å². The zero-order valence-electron chi connectivity index (χ0n) is 11.8. The first-order valence-corrected chi connectivity index (χ1v) is 6.63. The van der Waals surface area contributed by atoms with Gasteiger partial charge in [0.25, 0.3) is 0 Å². The maximum Gasteiger partial charge on any atom is 0.123 e. The number of benzene rings is 1. The van der Waals surface area contributed by atoms with Crippen LogP contribution in [0.2, 0.25) is 0 Å². The molecule has 1 aromatic heterocycles. The highest BCUT2D eigenvalue weighted by Crippen LogP contribution is 2.28. The van der Waals surface area contributed by atoms with E-state index in [4.69, 9.17) is 9.15 Å². The Balaban J connectivity index is 2.29. The molecule has 1 aromatic carbocycles. The molecular weight excluding hydrogens is 238 g/mol. The molecule has 0 aliphatic heterocycles. The molecule has 3 heteroatoms. The number of aryl methyl sites for hydroxylation is 1. The van der Waals surface area contributed by atoms with Crippen LogP contribution in [0.15, 0.2) is 41.2 Å². The van der Waals surface area contributed by atoms with Crippen molar-refractivity contribution in [1.29, 1.82) is 0 Å². The van der Waals surface area contributed by atoms with Crippen molar-refractivity contribution in [3.63, 3.8) is 0 Å². The topological polar surface area (TPSA) is 34.4 Å². The van der Waals surface area contributed by atoms with E-state index in [1.54, 1.807) is 19.6 Å². The summed E-state index contributed by atoms with van der Waals surface area (Å²) in [5.74, 6) is 0.931. The first-order chi connectivity index (χ1) is 9.24. The molecule has 3 nitrogen and oxygen atoms in total. The molecule has 1 unspecified atom stereocenters. The van der Waals surface area contributed by atoms with E-state index in [0.717, 1.165) is 18.7 Å². The van der Waals surface area contributed by atoms with Gasteiger partial charge in [0, 0.05) is 11.6 Å². The molecule has 1 heterocycles. The minimum Gasteiger partial charge on any atom is -0.496 e. The summed E-state index contributed by atoms with van der Waals surface area (Å²) in [5.41, 5.74) is 3.63.